The lowest BCUT2D eigenvalue weighted by Crippen LogP contribution is -2.30. The molecule has 0 spiro atoms. The summed E-state index contributed by atoms with van der Waals surface area (Å²) in [6.45, 7) is 3.65. The predicted octanol–water partition coefficient (Wildman–Crippen LogP) is 3.88. The van der Waals surface area contributed by atoms with Gasteiger partial charge in [0.15, 0.2) is 6.10 Å². The molecule has 0 aromatic heterocycles. The smallest absolute Gasteiger partial charge is 0.346 e. The number of methoxy groups -OCH3 is 2. The van der Waals surface area contributed by atoms with Gasteiger partial charge in [-0.25, -0.2) is 4.79 Å². The molecule has 0 aliphatic carbocycles. The average Bonchev–Trinajstić information content (AvgIpc) is 2.79. The Morgan fingerprint density at radius 3 is 2.10 bits per heavy atom. The van der Waals surface area contributed by atoms with E-state index in [0.717, 1.165) is 18.8 Å². The molecule has 1 heterocycles. The Kier molecular flexibility index (Phi) is 7.17. The highest BCUT2D eigenvalue weighted by Crippen LogP contribution is 2.29. The van der Waals surface area contributed by atoms with Crippen LogP contribution < -0.4 is 19.7 Å². The van der Waals surface area contributed by atoms with Crippen LogP contribution in [0.1, 0.15) is 36.5 Å². The second kappa shape index (κ2) is 10.0. The van der Waals surface area contributed by atoms with E-state index in [-0.39, 0.29) is 5.56 Å². The van der Waals surface area contributed by atoms with E-state index < -0.39 is 18.0 Å². The molecule has 0 saturated carbocycles. The van der Waals surface area contributed by atoms with E-state index in [1.165, 1.54) is 40.4 Å². The lowest BCUT2D eigenvalue weighted by molar-refractivity contribution is -0.123. The number of esters is 1. The van der Waals surface area contributed by atoms with Gasteiger partial charge >= 0.3 is 5.97 Å². The van der Waals surface area contributed by atoms with Gasteiger partial charge in [0.05, 0.1) is 14.2 Å². The first-order valence-electron chi connectivity index (χ1n) is 10.1. The number of benzene rings is 2. The predicted molar refractivity (Wildman–Crippen MR) is 116 cm³/mol. The van der Waals surface area contributed by atoms with Gasteiger partial charge in [0, 0.05) is 24.5 Å². The normalized spacial score (nSPS) is 14.6. The van der Waals surface area contributed by atoms with E-state index in [0.29, 0.717) is 17.2 Å². The summed E-state index contributed by atoms with van der Waals surface area (Å²) in [5.41, 5.74) is 1.95. The number of carbonyl (C=O) groups excluding carboxylic acids is 2. The van der Waals surface area contributed by atoms with Gasteiger partial charge in [0.1, 0.15) is 17.1 Å². The summed E-state index contributed by atoms with van der Waals surface area (Å²) in [4.78, 5) is 27.5. The molecular formula is C23H28N2O5. The largest absolute Gasteiger partial charge is 0.496 e. The van der Waals surface area contributed by atoms with Crippen LogP contribution in [-0.2, 0) is 9.53 Å². The zero-order chi connectivity index (χ0) is 21.5. The molecule has 160 valence electrons. The molecule has 30 heavy (non-hydrogen) atoms. The van der Waals surface area contributed by atoms with Gasteiger partial charge in [-0.15, -0.1) is 0 Å². The third kappa shape index (κ3) is 5.03. The minimum atomic E-state index is -0.992. The molecule has 1 amide bonds. The van der Waals surface area contributed by atoms with E-state index in [1.807, 2.05) is 24.3 Å². The van der Waals surface area contributed by atoms with Crippen molar-refractivity contribution in [2.45, 2.75) is 32.3 Å². The van der Waals surface area contributed by atoms with Crippen molar-refractivity contribution in [3.8, 4) is 11.5 Å². The standard InChI is InChI=1S/C23H28N2O5/c1-16(30-23(27)21-19(28-2)8-7-9-20(21)29-3)22(26)24-17-10-12-18(13-11-17)25-14-5-4-6-15-25/h7-13,16H,4-6,14-15H2,1-3H3,(H,24,26)/t16-/m0/s1. The molecule has 1 saturated heterocycles. The fourth-order valence-electron chi connectivity index (χ4n) is 3.48. The zero-order valence-electron chi connectivity index (χ0n) is 17.6. The Balaban J connectivity index is 1.61. The van der Waals surface area contributed by atoms with Crippen LogP contribution >= 0.6 is 0 Å². The first-order chi connectivity index (χ1) is 14.5. The number of carbonyl (C=O) groups is 2. The summed E-state index contributed by atoms with van der Waals surface area (Å²) in [6, 6.07) is 12.7. The topological polar surface area (TPSA) is 77.1 Å². The number of nitrogens with one attached hydrogen (secondary N) is 1. The second-order valence-electron chi connectivity index (χ2n) is 7.17. The van der Waals surface area contributed by atoms with E-state index in [4.69, 9.17) is 14.2 Å². The first kappa shape index (κ1) is 21.5. The zero-order valence-corrected chi connectivity index (χ0v) is 17.6. The van der Waals surface area contributed by atoms with Crippen molar-refractivity contribution in [1.82, 2.24) is 0 Å². The van der Waals surface area contributed by atoms with Crippen molar-refractivity contribution in [3.63, 3.8) is 0 Å². The van der Waals surface area contributed by atoms with Crippen LogP contribution in [-0.4, -0.2) is 45.3 Å². The van der Waals surface area contributed by atoms with Crippen LogP contribution in [0.3, 0.4) is 0 Å². The number of amides is 1. The summed E-state index contributed by atoms with van der Waals surface area (Å²) in [7, 11) is 2.91. The van der Waals surface area contributed by atoms with Gasteiger partial charge < -0.3 is 24.4 Å². The minimum Gasteiger partial charge on any atom is -0.496 e. The molecule has 3 rings (SSSR count). The van der Waals surface area contributed by atoms with Gasteiger partial charge in [-0.3, -0.25) is 4.79 Å². The number of piperidine rings is 1. The quantitative estimate of drug-likeness (QED) is 0.696. The molecule has 0 unspecified atom stereocenters. The number of rotatable bonds is 7. The molecule has 2 aromatic carbocycles. The first-order valence-corrected chi connectivity index (χ1v) is 10.1. The summed E-state index contributed by atoms with van der Waals surface area (Å²) >= 11 is 0. The maximum Gasteiger partial charge on any atom is 0.346 e. The highest BCUT2D eigenvalue weighted by molar-refractivity contribution is 5.99. The number of hydrogen-bond donors (Lipinski definition) is 1. The molecule has 1 atom stereocenters. The summed E-state index contributed by atoms with van der Waals surface area (Å²) in [5, 5.41) is 2.79. The third-order valence-corrected chi connectivity index (χ3v) is 5.14. The lowest BCUT2D eigenvalue weighted by atomic mass is 10.1. The highest BCUT2D eigenvalue weighted by atomic mass is 16.6. The van der Waals surface area contributed by atoms with Crippen LogP contribution in [0.4, 0.5) is 11.4 Å². The number of nitrogens with zero attached hydrogens (tertiary/aromatic N) is 1. The Morgan fingerprint density at radius 2 is 1.53 bits per heavy atom. The minimum absolute atomic E-state index is 0.146. The van der Waals surface area contributed by atoms with E-state index >= 15 is 0 Å². The van der Waals surface area contributed by atoms with Gasteiger partial charge in [0.2, 0.25) is 0 Å². The van der Waals surface area contributed by atoms with Crippen molar-refractivity contribution in [3.05, 3.63) is 48.0 Å². The highest BCUT2D eigenvalue weighted by Gasteiger charge is 2.24. The fraction of sp³-hybridized carbons (Fsp3) is 0.391. The van der Waals surface area contributed by atoms with Crippen molar-refractivity contribution in [1.29, 1.82) is 0 Å². The van der Waals surface area contributed by atoms with Crippen molar-refractivity contribution in [2.24, 2.45) is 0 Å². The maximum absolute atomic E-state index is 12.6. The van der Waals surface area contributed by atoms with E-state index in [9.17, 15) is 9.59 Å². The molecule has 0 radical (unpaired) electrons. The molecule has 7 heteroatoms. The Hall–Kier alpha value is -3.22. The molecule has 2 aromatic rings. The summed E-state index contributed by atoms with van der Waals surface area (Å²) < 4.78 is 15.8. The molecule has 1 aliphatic rings. The van der Waals surface area contributed by atoms with E-state index in [1.54, 1.807) is 18.2 Å². The van der Waals surface area contributed by atoms with Gasteiger partial charge in [-0.2, -0.15) is 0 Å². The van der Waals surface area contributed by atoms with Crippen LogP contribution in [0.5, 0.6) is 11.5 Å². The second-order valence-corrected chi connectivity index (χ2v) is 7.17. The fourth-order valence-corrected chi connectivity index (χ4v) is 3.48. The molecule has 1 aliphatic heterocycles. The van der Waals surface area contributed by atoms with Gasteiger partial charge in [-0.05, 0) is 62.6 Å². The SMILES string of the molecule is COc1cccc(OC)c1C(=O)O[C@@H](C)C(=O)Nc1ccc(N2CCCCC2)cc1. The Bertz CT molecular complexity index is 853. The molecule has 0 bridgehead atoms. The Labute approximate surface area is 176 Å². The lowest BCUT2D eigenvalue weighted by Gasteiger charge is -2.28. The monoisotopic (exact) mass is 412 g/mol. The van der Waals surface area contributed by atoms with Gasteiger partial charge in [-0.1, -0.05) is 6.07 Å². The average molecular weight is 412 g/mol. The van der Waals surface area contributed by atoms with Gasteiger partial charge in [0.25, 0.3) is 5.91 Å². The van der Waals surface area contributed by atoms with Crippen LogP contribution in [0.2, 0.25) is 0 Å². The number of hydrogen-bond acceptors (Lipinski definition) is 6. The van der Waals surface area contributed by atoms with Crippen molar-refractivity contribution < 1.29 is 23.8 Å². The molecule has 1 N–H and O–H groups in total. The molecule has 7 nitrogen and oxygen atoms in total. The Morgan fingerprint density at radius 1 is 0.933 bits per heavy atom. The number of ether oxygens (including phenoxy) is 3. The summed E-state index contributed by atoms with van der Waals surface area (Å²) in [5.74, 6) is -0.462. The van der Waals surface area contributed by atoms with Crippen LogP contribution in [0.15, 0.2) is 42.5 Å². The van der Waals surface area contributed by atoms with Crippen molar-refractivity contribution >= 4 is 23.3 Å². The maximum atomic E-state index is 12.6. The summed E-state index contributed by atoms with van der Waals surface area (Å²) in [6.07, 6.45) is 2.70. The molecular weight excluding hydrogens is 384 g/mol. The van der Waals surface area contributed by atoms with Crippen LogP contribution in [0.25, 0.3) is 0 Å². The van der Waals surface area contributed by atoms with Crippen molar-refractivity contribution in [2.75, 3.05) is 37.5 Å². The molecule has 1 fully saturated rings. The van der Waals surface area contributed by atoms with Crippen LogP contribution in [0, 0.1) is 0 Å². The number of anilines is 2. The van der Waals surface area contributed by atoms with E-state index in [2.05, 4.69) is 10.2 Å². The third-order valence-electron chi connectivity index (χ3n) is 5.14.